The van der Waals surface area contributed by atoms with Crippen molar-refractivity contribution in [3.05, 3.63) is 0 Å². The van der Waals surface area contributed by atoms with Crippen LogP contribution in [0.3, 0.4) is 0 Å². The van der Waals surface area contributed by atoms with Gasteiger partial charge in [0.25, 0.3) is 0 Å². The number of alkyl halides is 1. The van der Waals surface area contributed by atoms with E-state index in [0.717, 1.165) is 6.04 Å². The Balaban J connectivity index is 2.83. The predicted molar refractivity (Wildman–Crippen MR) is 28.8 cm³/mol. The van der Waals surface area contributed by atoms with Crippen LogP contribution in [0.5, 0.6) is 0 Å². The number of halogens is 1. The van der Waals surface area contributed by atoms with Crippen molar-refractivity contribution in [1.29, 1.82) is 0 Å². The standard InChI is InChI=1S/C5H13IN/c1-4-5(2)7-6-3/h5,7H,4H2,1-3H3/q-1/t5-/m0/s1. The van der Waals surface area contributed by atoms with Gasteiger partial charge in [-0.25, -0.2) is 0 Å². The third kappa shape index (κ3) is 4.55. The number of nitrogens with one attached hydrogen (secondary N) is 1. The Morgan fingerprint density at radius 3 is 2.43 bits per heavy atom. The summed E-state index contributed by atoms with van der Waals surface area (Å²) in [6, 6.07) is 0.748. The van der Waals surface area contributed by atoms with E-state index in [1.807, 2.05) is 0 Å². The van der Waals surface area contributed by atoms with Crippen molar-refractivity contribution in [2.24, 2.45) is 0 Å². The number of hydrogen-bond donors (Lipinski definition) is 1. The molecule has 0 fully saturated rings. The number of hydrogen-bond acceptors (Lipinski definition) is 1. The second kappa shape index (κ2) is 4.84. The Labute approximate surface area is 56.5 Å². The molecule has 0 aliphatic heterocycles. The van der Waals surface area contributed by atoms with Crippen LogP contribution in [0.25, 0.3) is 0 Å². The molecule has 2 heteroatoms. The molecule has 0 amide bonds. The van der Waals surface area contributed by atoms with Crippen LogP contribution in [0.15, 0.2) is 0 Å². The van der Waals surface area contributed by atoms with E-state index in [1.54, 1.807) is 0 Å². The van der Waals surface area contributed by atoms with Crippen LogP contribution in [0.1, 0.15) is 20.3 Å². The molecule has 0 heterocycles. The van der Waals surface area contributed by atoms with Crippen LogP contribution in [0.2, 0.25) is 0 Å². The fraction of sp³-hybridized carbons (Fsp3) is 1.00. The van der Waals surface area contributed by atoms with E-state index in [1.165, 1.54) is 6.42 Å². The molecule has 1 nitrogen and oxygen atoms in total. The zero-order valence-corrected chi connectivity index (χ0v) is 7.32. The van der Waals surface area contributed by atoms with E-state index in [9.17, 15) is 0 Å². The predicted octanol–water partition coefficient (Wildman–Crippen LogP) is -1.99. The van der Waals surface area contributed by atoms with E-state index in [0.29, 0.717) is 21.5 Å². The molecule has 0 aromatic carbocycles. The van der Waals surface area contributed by atoms with Crippen molar-refractivity contribution in [3.8, 4) is 0 Å². The van der Waals surface area contributed by atoms with Crippen molar-refractivity contribution in [1.82, 2.24) is 3.53 Å². The molecule has 1 N–H and O–H groups in total. The molecule has 0 bridgehead atoms. The van der Waals surface area contributed by atoms with Crippen molar-refractivity contribution in [2.75, 3.05) is 4.93 Å². The normalized spacial score (nSPS) is 14.7. The Bertz CT molecular complexity index is 39.1. The van der Waals surface area contributed by atoms with E-state index in [4.69, 9.17) is 0 Å². The minimum atomic E-state index is 0.311. The van der Waals surface area contributed by atoms with Gasteiger partial charge < -0.3 is 0 Å². The first kappa shape index (κ1) is 7.69. The van der Waals surface area contributed by atoms with Gasteiger partial charge in [-0.15, -0.1) is 0 Å². The van der Waals surface area contributed by atoms with Crippen molar-refractivity contribution >= 4 is 0 Å². The van der Waals surface area contributed by atoms with Crippen LogP contribution in [-0.2, 0) is 0 Å². The Kier molecular flexibility index (Phi) is 5.32. The first-order valence-corrected chi connectivity index (χ1v) is 5.78. The van der Waals surface area contributed by atoms with Gasteiger partial charge in [0.2, 0.25) is 0 Å². The fourth-order valence-electron chi connectivity index (χ4n) is 0.263. The summed E-state index contributed by atoms with van der Waals surface area (Å²) in [6.45, 7) is 4.43. The van der Waals surface area contributed by atoms with Crippen LogP contribution in [0.4, 0.5) is 0 Å². The molecule has 7 heavy (non-hydrogen) atoms. The molecule has 1 atom stereocenters. The summed E-state index contributed by atoms with van der Waals surface area (Å²) in [4.78, 5) is 2.24. The van der Waals surface area contributed by atoms with Crippen LogP contribution < -0.4 is 25.0 Å². The van der Waals surface area contributed by atoms with Gasteiger partial charge in [-0.3, -0.25) is 0 Å². The van der Waals surface area contributed by atoms with Gasteiger partial charge in [0.05, 0.1) is 0 Å². The van der Waals surface area contributed by atoms with Gasteiger partial charge in [0.1, 0.15) is 0 Å². The molecule has 0 unspecified atom stereocenters. The summed E-state index contributed by atoms with van der Waals surface area (Å²) < 4.78 is 3.41. The van der Waals surface area contributed by atoms with Crippen molar-refractivity contribution in [2.45, 2.75) is 26.3 Å². The quantitative estimate of drug-likeness (QED) is 0.326. The second-order valence-corrected chi connectivity index (χ2v) is 3.31. The molecule has 0 radical (unpaired) electrons. The average molecular weight is 214 g/mol. The third-order valence-corrected chi connectivity index (χ3v) is 2.59. The Morgan fingerprint density at radius 2 is 2.29 bits per heavy atom. The van der Waals surface area contributed by atoms with Crippen LogP contribution in [-0.4, -0.2) is 11.0 Å². The maximum absolute atomic E-state index is 3.41. The summed E-state index contributed by atoms with van der Waals surface area (Å²) in [7, 11) is 0. The van der Waals surface area contributed by atoms with Gasteiger partial charge >= 0.3 is 56.2 Å². The SMILES string of the molecule is CC[C@H](C)N[I-]C. The third-order valence-electron chi connectivity index (χ3n) is 0.908. The molecule has 0 aliphatic rings. The molecule has 0 aromatic rings. The zero-order valence-electron chi connectivity index (χ0n) is 5.16. The molecule has 46 valence electrons. The van der Waals surface area contributed by atoms with Crippen molar-refractivity contribution in [3.63, 3.8) is 0 Å². The summed E-state index contributed by atoms with van der Waals surface area (Å²) in [5, 5.41) is 0. The first-order chi connectivity index (χ1) is 3.31. The van der Waals surface area contributed by atoms with Crippen LogP contribution in [0, 0.1) is 0 Å². The van der Waals surface area contributed by atoms with E-state index < -0.39 is 0 Å². The van der Waals surface area contributed by atoms with E-state index in [-0.39, 0.29) is 0 Å². The zero-order chi connectivity index (χ0) is 5.70. The number of rotatable bonds is 3. The Morgan fingerprint density at radius 1 is 1.71 bits per heavy atom. The topological polar surface area (TPSA) is 12.0 Å². The second-order valence-electron chi connectivity index (χ2n) is 1.61. The fourth-order valence-corrected chi connectivity index (χ4v) is 1.77. The summed E-state index contributed by atoms with van der Waals surface area (Å²) in [5.74, 6) is 0. The minimum absolute atomic E-state index is 0.311. The maximum atomic E-state index is 3.41. The van der Waals surface area contributed by atoms with Crippen LogP contribution >= 0.6 is 0 Å². The molecular weight excluding hydrogens is 201 g/mol. The molecule has 0 saturated carbocycles. The molecule has 0 saturated heterocycles. The van der Waals surface area contributed by atoms with Gasteiger partial charge in [-0.2, -0.15) is 0 Å². The summed E-state index contributed by atoms with van der Waals surface area (Å²) in [5.41, 5.74) is 0. The average Bonchev–Trinajstić information content (AvgIpc) is 1.68. The molecule has 0 spiro atoms. The summed E-state index contributed by atoms with van der Waals surface area (Å²) in [6.07, 6.45) is 1.26. The van der Waals surface area contributed by atoms with Gasteiger partial charge in [0, 0.05) is 0 Å². The Hall–Kier alpha value is 0.690. The van der Waals surface area contributed by atoms with Gasteiger partial charge in [0.15, 0.2) is 0 Å². The molecule has 0 aromatic heterocycles. The monoisotopic (exact) mass is 214 g/mol. The first-order valence-electron chi connectivity index (χ1n) is 2.55. The van der Waals surface area contributed by atoms with E-state index in [2.05, 4.69) is 22.3 Å². The van der Waals surface area contributed by atoms with E-state index >= 15 is 0 Å². The van der Waals surface area contributed by atoms with Gasteiger partial charge in [-0.1, -0.05) is 0 Å². The summed E-state index contributed by atoms with van der Waals surface area (Å²) >= 11 is 0.311. The van der Waals surface area contributed by atoms with Gasteiger partial charge in [-0.05, 0) is 0 Å². The molecular formula is C5H13IN-. The molecule has 0 rings (SSSR count). The molecule has 0 aliphatic carbocycles. The van der Waals surface area contributed by atoms with Crippen molar-refractivity contribution < 1.29 is 21.5 Å².